The van der Waals surface area contributed by atoms with Gasteiger partial charge in [-0.1, -0.05) is 13.8 Å². The maximum atomic E-state index is 13.6. The summed E-state index contributed by atoms with van der Waals surface area (Å²) in [6.45, 7) is 5.79. The van der Waals surface area contributed by atoms with E-state index >= 15 is 0 Å². The van der Waals surface area contributed by atoms with Crippen molar-refractivity contribution in [3.05, 3.63) is 0 Å². The van der Waals surface area contributed by atoms with Gasteiger partial charge in [0.15, 0.2) is 5.78 Å². The van der Waals surface area contributed by atoms with Crippen LogP contribution in [0, 0.1) is 28.6 Å². The number of aliphatic hydroxyl groups is 7. The molecule has 11 atom stereocenters. The van der Waals surface area contributed by atoms with Crippen molar-refractivity contribution in [2.45, 2.75) is 88.2 Å². The van der Waals surface area contributed by atoms with Crippen LogP contribution in [0.4, 0.5) is 0 Å². The fourth-order valence-electron chi connectivity index (χ4n) is 7.64. The third-order valence-corrected chi connectivity index (χ3v) is 9.12. The van der Waals surface area contributed by atoms with Crippen molar-refractivity contribution in [1.29, 1.82) is 0 Å². The van der Waals surface area contributed by atoms with Crippen molar-refractivity contribution in [1.82, 2.24) is 0 Å². The summed E-state index contributed by atoms with van der Waals surface area (Å²) in [6, 6.07) is 0. The van der Waals surface area contributed by atoms with Crippen molar-refractivity contribution < 1.29 is 40.5 Å². The van der Waals surface area contributed by atoms with Gasteiger partial charge in [0.05, 0.1) is 34.9 Å². The Kier molecular flexibility index (Phi) is 3.95. The van der Waals surface area contributed by atoms with Crippen molar-refractivity contribution in [3.8, 4) is 0 Å². The number of ketones is 1. The van der Waals surface area contributed by atoms with Crippen molar-refractivity contribution in [3.63, 3.8) is 0 Å². The molecule has 0 unspecified atom stereocenters. The molecule has 0 amide bonds. The van der Waals surface area contributed by atoms with Gasteiger partial charge in [-0.25, -0.2) is 0 Å². The molecule has 4 rings (SSSR count). The van der Waals surface area contributed by atoms with Crippen molar-refractivity contribution in [2.75, 3.05) is 0 Å². The normalized spacial score (nSPS) is 63.0. The summed E-state index contributed by atoms with van der Waals surface area (Å²) in [5.74, 6) is -3.75. The van der Waals surface area contributed by atoms with Crippen LogP contribution in [0.2, 0.25) is 0 Å². The van der Waals surface area contributed by atoms with E-state index in [9.17, 15) is 40.5 Å². The number of fused-ring (bicyclic) bond motifs is 2. The molecule has 0 aromatic heterocycles. The second kappa shape index (κ2) is 5.35. The van der Waals surface area contributed by atoms with E-state index in [4.69, 9.17) is 0 Å². The summed E-state index contributed by atoms with van der Waals surface area (Å²) in [4.78, 5) is 13.6. The highest BCUT2D eigenvalue weighted by Crippen LogP contribution is 2.68. The Morgan fingerprint density at radius 3 is 2.04 bits per heavy atom. The quantitative estimate of drug-likeness (QED) is 0.254. The van der Waals surface area contributed by atoms with E-state index < -0.39 is 75.6 Å². The maximum absolute atomic E-state index is 13.6. The molecule has 4 saturated carbocycles. The molecule has 8 nitrogen and oxygen atoms in total. The van der Waals surface area contributed by atoms with Crippen LogP contribution in [0.25, 0.3) is 0 Å². The Bertz CT molecular complexity index is 717. The second-order valence-corrected chi connectivity index (χ2v) is 10.7. The maximum Gasteiger partial charge on any atom is 0.173 e. The summed E-state index contributed by atoms with van der Waals surface area (Å²) in [5, 5.41) is 77.7. The fourth-order valence-corrected chi connectivity index (χ4v) is 7.64. The van der Waals surface area contributed by atoms with E-state index in [2.05, 4.69) is 0 Å². The van der Waals surface area contributed by atoms with Crippen LogP contribution in [0.3, 0.4) is 0 Å². The minimum absolute atomic E-state index is 0.148. The SMILES string of the molecule is CC1(C)[C@@H](O)[C@H](O)[C@H]2[C@](C)(O)[C@@H]3CC[C@@H]4[C@@H](O)[C@]3(C[C@@]4(C)O)C(=O)[C@@H](O)[C@@]21O. The number of Topliss-reactive ketones (excluding diaryl/α,β-unsaturated/α-hetero) is 1. The first-order valence-corrected chi connectivity index (χ1v) is 10.0. The minimum Gasteiger partial charge on any atom is -0.392 e. The highest BCUT2D eigenvalue weighted by atomic mass is 16.4. The van der Waals surface area contributed by atoms with Crippen LogP contribution >= 0.6 is 0 Å². The van der Waals surface area contributed by atoms with E-state index in [1.54, 1.807) is 0 Å². The highest BCUT2D eigenvalue weighted by molar-refractivity contribution is 5.92. The van der Waals surface area contributed by atoms with Gasteiger partial charge in [0.2, 0.25) is 0 Å². The predicted molar refractivity (Wildman–Crippen MR) is 95.8 cm³/mol. The molecule has 0 aliphatic heterocycles. The molecule has 0 aromatic rings. The Morgan fingerprint density at radius 1 is 0.893 bits per heavy atom. The standard InChI is InChI=1S/C20H32O8/c1-16(2)13(23)10(21)11-18(4,27)9-6-5-8-12(22)19(9,7-17(8,3)26)14(24)15(25)20(11,16)28/h8-13,15,21-23,25-28H,5-7H2,1-4H3/t8-,9+,10-,11+,12-,13+,15-,17-,18-,19-,20+/m1/s1. The molecule has 4 aliphatic rings. The lowest BCUT2D eigenvalue weighted by Crippen LogP contribution is -2.62. The van der Waals surface area contributed by atoms with Gasteiger partial charge in [-0.3, -0.25) is 4.79 Å². The van der Waals surface area contributed by atoms with Crippen LogP contribution < -0.4 is 0 Å². The van der Waals surface area contributed by atoms with Crippen LogP contribution in [-0.4, -0.2) is 82.7 Å². The summed E-state index contributed by atoms with van der Waals surface area (Å²) < 4.78 is 0. The average Bonchev–Trinajstić information content (AvgIpc) is 2.77. The molecule has 2 bridgehead atoms. The van der Waals surface area contributed by atoms with Gasteiger partial charge >= 0.3 is 0 Å². The zero-order valence-electron chi connectivity index (χ0n) is 16.7. The summed E-state index contributed by atoms with van der Waals surface area (Å²) in [6.07, 6.45) is -5.90. The van der Waals surface area contributed by atoms with E-state index in [0.29, 0.717) is 6.42 Å². The highest BCUT2D eigenvalue weighted by Gasteiger charge is 2.81. The number of hydrogen-bond acceptors (Lipinski definition) is 8. The summed E-state index contributed by atoms with van der Waals surface area (Å²) >= 11 is 0. The Hall–Kier alpha value is -0.610. The molecule has 0 saturated heterocycles. The second-order valence-electron chi connectivity index (χ2n) is 10.7. The predicted octanol–water partition coefficient (Wildman–Crippen LogP) is -1.68. The van der Waals surface area contributed by atoms with E-state index in [0.717, 1.165) is 0 Å². The molecule has 4 aliphatic carbocycles. The molecule has 7 N–H and O–H groups in total. The van der Waals surface area contributed by atoms with Gasteiger partial charge in [-0.05, 0) is 33.1 Å². The van der Waals surface area contributed by atoms with Gasteiger partial charge in [-0.2, -0.15) is 0 Å². The number of rotatable bonds is 0. The summed E-state index contributed by atoms with van der Waals surface area (Å²) in [5.41, 5.74) is -8.72. The lowest BCUT2D eigenvalue weighted by Gasteiger charge is -2.50. The van der Waals surface area contributed by atoms with E-state index in [-0.39, 0.29) is 12.8 Å². The Labute approximate surface area is 163 Å². The summed E-state index contributed by atoms with van der Waals surface area (Å²) in [7, 11) is 0. The molecule has 4 fully saturated rings. The largest absolute Gasteiger partial charge is 0.392 e. The Balaban J connectivity index is 1.99. The van der Waals surface area contributed by atoms with Crippen LogP contribution in [0.5, 0.6) is 0 Å². The molecular weight excluding hydrogens is 368 g/mol. The van der Waals surface area contributed by atoms with Gasteiger partial charge < -0.3 is 35.7 Å². The third-order valence-electron chi connectivity index (χ3n) is 9.12. The molecule has 0 heterocycles. The van der Waals surface area contributed by atoms with Crippen molar-refractivity contribution in [2.24, 2.45) is 28.6 Å². The molecule has 0 aromatic carbocycles. The molecule has 1 spiro atoms. The zero-order valence-corrected chi connectivity index (χ0v) is 16.7. The molecule has 160 valence electrons. The first-order valence-electron chi connectivity index (χ1n) is 10.0. The monoisotopic (exact) mass is 400 g/mol. The molecule has 0 radical (unpaired) electrons. The van der Waals surface area contributed by atoms with Crippen LogP contribution in [-0.2, 0) is 4.79 Å². The van der Waals surface area contributed by atoms with E-state index in [1.165, 1.54) is 27.7 Å². The molecule has 8 heteroatoms. The number of carbonyl (C=O) groups is 1. The van der Waals surface area contributed by atoms with Gasteiger partial charge in [0, 0.05) is 23.2 Å². The average molecular weight is 400 g/mol. The first kappa shape index (κ1) is 20.7. The Morgan fingerprint density at radius 2 is 1.46 bits per heavy atom. The number of carbonyl (C=O) groups excluding carboxylic acids is 1. The van der Waals surface area contributed by atoms with Gasteiger partial charge in [0.25, 0.3) is 0 Å². The van der Waals surface area contributed by atoms with Crippen LogP contribution in [0.1, 0.15) is 47.0 Å². The van der Waals surface area contributed by atoms with Crippen molar-refractivity contribution >= 4 is 5.78 Å². The topological polar surface area (TPSA) is 159 Å². The lowest BCUT2D eigenvalue weighted by atomic mass is 9.57. The zero-order chi connectivity index (χ0) is 21.2. The van der Waals surface area contributed by atoms with E-state index in [1.807, 2.05) is 0 Å². The minimum atomic E-state index is -2.32. The van der Waals surface area contributed by atoms with Crippen LogP contribution in [0.15, 0.2) is 0 Å². The smallest absolute Gasteiger partial charge is 0.173 e. The third kappa shape index (κ3) is 1.89. The van der Waals surface area contributed by atoms with Gasteiger partial charge in [0.1, 0.15) is 11.7 Å². The first-order chi connectivity index (χ1) is 12.6. The molecule has 28 heavy (non-hydrogen) atoms. The van der Waals surface area contributed by atoms with Gasteiger partial charge in [-0.15, -0.1) is 0 Å². The number of hydrogen-bond donors (Lipinski definition) is 7. The fraction of sp³-hybridized carbons (Fsp3) is 0.950. The number of aliphatic hydroxyl groups excluding tert-OH is 4. The lowest BCUT2D eigenvalue weighted by molar-refractivity contribution is -0.208. The molecular formula is C20H32O8.